The van der Waals surface area contributed by atoms with Crippen LogP contribution in [0.2, 0.25) is 10.0 Å². The van der Waals surface area contributed by atoms with E-state index in [9.17, 15) is 10.1 Å². The number of ether oxygens (including phenoxy) is 1. The summed E-state index contributed by atoms with van der Waals surface area (Å²) in [7, 11) is 0. The van der Waals surface area contributed by atoms with E-state index in [4.69, 9.17) is 27.9 Å². The minimum atomic E-state index is -0.487. The van der Waals surface area contributed by atoms with E-state index in [1.165, 1.54) is 6.20 Å². The molecule has 5 nitrogen and oxygen atoms in total. The van der Waals surface area contributed by atoms with Gasteiger partial charge in [-0.05, 0) is 49.6 Å². The maximum atomic E-state index is 12.6. The van der Waals surface area contributed by atoms with Gasteiger partial charge in [0.05, 0.1) is 45.5 Å². The molecule has 0 aliphatic heterocycles. The minimum Gasteiger partial charge on any atom is -0.462 e. The first-order chi connectivity index (χ1) is 14.4. The van der Waals surface area contributed by atoms with Crippen LogP contribution in [0.1, 0.15) is 53.9 Å². The molecule has 1 atom stereocenters. The average molecular weight is 442 g/mol. The highest BCUT2D eigenvalue weighted by Gasteiger charge is 2.21. The summed E-state index contributed by atoms with van der Waals surface area (Å²) >= 11 is 12.6. The molecular formula is C23H21Cl2N3O2. The van der Waals surface area contributed by atoms with Gasteiger partial charge in [0.15, 0.2) is 0 Å². The largest absolute Gasteiger partial charge is 0.462 e. The van der Waals surface area contributed by atoms with Crippen LogP contribution >= 0.6 is 23.2 Å². The second kappa shape index (κ2) is 9.34. The second-order valence-electron chi connectivity index (χ2n) is 6.77. The van der Waals surface area contributed by atoms with Crippen molar-refractivity contribution < 1.29 is 9.53 Å². The summed E-state index contributed by atoms with van der Waals surface area (Å²) in [4.78, 5) is 17.1. The monoisotopic (exact) mass is 441 g/mol. The first-order valence-corrected chi connectivity index (χ1v) is 10.4. The number of carbonyl (C=O) groups is 1. The zero-order valence-electron chi connectivity index (χ0n) is 16.9. The summed E-state index contributed by atoms with van der Waals surface area (Å²) in [5.74, 6) is -0.487. The van der Waals surface area contributed by atoms with Crippen molar-refractivity contribution in [1.29, 1.82) is 5.26 Å². The molecule has 0 fully saturated rings. The summed E-state index contributed by atoms with van der Waals surface area (Å²) in [6, 6.07) is 10.9. The van der Waals surface area contributed by atoms with E-state index in [1.807, 2.05) is 32.0 Å². The molecule has 1 heterocycles. The van der Waals surface area contributed by atoms with Gasteiger partial charge in [-0.2, -0.15) is 5.26 Å². The van der Waals surface area contributed by atoms with Crippen LogP contribution in [0.5, 0.6) is 0 Å². The van der Waals surface area contributed by atoms with Gasteiger partial charge < -0.3 is 10.1 Å². The molecule has 1 N–H and O–H groups in total. The predicted molar refractivity (Wildman–Crippen MR) is 120 cm³/mol. The number of esters is 1. The molecule has 7 heteroatoms. The molecule has 0 aliphatic carbocycles. The topological polar surface area (TPSA) is 75.0 Å². The van der Waals surface area contributed by atoms with Crippen molar-refractivity contribution in [2.45, 2.75) is 33.2 Å². The molecule has 3 rings (SSSR count). The number of nitrogens with zero attached hydrogens (tertiary/aromatic N) is 2. The fraction of sp³-hybridized carbons (Fsp3) is 0.261. The van der Waals surface area contributed by atoms with E-state index in [0.717, 1.165) is 16.6 Å². The number of nitrogens with one attached hydrogen (secondary N) is 1. The fourth-order valence-electron chi connectivity index (χ4n) is 3.38. The predicted octanol–water partition coefficient (Wildman–Crippen LogP) is 6.33. The quantitative estimate of drug-likeness (QED) is 0.452. The Labute approximate surface area is 185 Å². The number of aryl methyl sites for hydroxylation is 1. The first-order valence-electron chi connectivity index (χ1n) is 9.64. The van der Waals surface area contributed by atoms with Gasteiger partial charge in [0.25, 0.3) is 0 Å². The highest BCUT2D eigenvalue weighted by Crippen LogP contribution is 2.36. The Morgan fingerprint density at radius 2 is 2.07 bits per heavy atom. The van der Waals surface area contributed by atoms with Gasteiger partial charge in [0, 0.05) is 11.6 Å². The van der Waals surface area contributed by atoms with Crippen LogP contribution in [-0.4, -0.2) is 17.6 Å². The second-order valence-corrected chi connectivity index (χ2v) is 7.56. The number of hydrogen-bond acceptors (Lipinski definition) is 5. The van der Waals surface area contributed by atoms with Crippen molar-refractivity contribution in [1.82, 2.24) is 4.98 Å². The van der Waals surface area contributed by atoms with Gasteiger partial charge in [0.1, 0.15) is 5.56 Å². The van der Waals surface area contributed by atoms with E-state index in [0.29, 0.717) is 38.7 Å². The van der Waals surface area contributed by atoms with E-state index < -0.39 is 5.97 Å². The summed E-state index contributed by atoms with van der Waals surface area (Å²) < 4.78 is 5.23. The third-order valence-electron chi connectivity index (χ3n) is 4.86. The molecular weight excluding hydrogens is 421 g/mol. The van der Waals surface area contributed by atoms with Gasteiger partial charge in [-0.1, -0.05) is 42.3 Å². The Hall–Kier alpha value is -2.81. The van der Waals surface area contributed by atoms with Crippen molar-refractivity contribution >= 4 is 45.8 Å². The number of nitriles is 1. The zero-order valence-corrected chi connectivity index (χ0v) is 18.4. The standard InChI is InChI=1S/C23H21Cl2N3O2/c1-4-15-9-14(11-26)10-17-21(15)27-12-18(23(29)30-5-2)22(17)28-13(3)16-7-6-8-19(24)20(16)25/h6-10,12-13H,4-5H2,1-3H3,(H,27,28). The van der Waals surface area contributed by atoms with Crippen LogP contribution in [0.4, 0.5) is 5.69 Å². The number of hydrogen-bond donors (Lipinski definition) is 1. The minimum absolute atomic E-state index is 0.241. The summed E-state index contributed by atoms with van der Waals surface area (Å²) in [6.07, 6.45) is 2.22. The van der Waals surface area contributed by atoms with Crippen LogP contribution in [0, 0.1) is 11.3 Å². The Bertz CT molecular complexity index is 1160. The van der Waals surface area contributed by atoms with Crippen molar-refractivity contribution in [2.75, 3.05) is 11.9 Å². The number of halogens is 2. The number of anilines is 1. The third-order valence-corrected chi connectivity index (χ3v) is 5.70. The van der Waals surface area contributed by atoms with Crippen molar-refractivity contribution in [2.24, 2.45) is 0 Å². The molecule has 3 aromatic rings. The molecule has 0 saturated heterocycles. The SMILES string of the molecule is CCOC(=O)c1cnc2c(CC)cc(C#N)cc2c1NC(C)c1cccc(Cl)c1Cl. The lowest BCUT2D eigenvalue weighted by Crippen LogP contribution is -2.14. The van der Waals surface area contributed by atoms with Crippen LogP contribution in [0.3, 0.4) is 0 Å². The van der Waals surface area contributed by atoms with E-state index >= 15 is 0 Å². The molecule has 1 aromatic heterocycles. The van der Waals surface area contributed by atoms with Crippen LogP contribution in [-0.2, 0) is 11.2 Å². The van der Waals surface area contributed by atoms with Gasteiger partial charge in [-0.15, -0.1) is 0 Å². The fourth-order valence-corrected chi connectivity index (χ4v) is 3.85. The molecule has 30 heavy (non-hydrogen) atoms. The number of pyridine rings is 1. The van der Waals surface area contributed by atoms with Crippen molar-refractivity contribution in [3.63, 3.8) is 0 Å². The summed E-state index contributed by atoms with van der Waals surface area (Å²) in [5, 5.41) is 14.4. The highest BCUT2D eigenvalue weighted by atomic mass is 35.5. The lowest BCUT2D eigenvalue weighted by molar-refractivity contribution is 0.0527. The van der Waals surface area contributed by atoms with Crippen LogP contribution in [0.25, 0.3) is 10.9 Å². The van der Waals surface area contributed by atoms with Crippen LogP contribution in [0.15, 0.2) is 36.5 Å². The molecule has 1 unspecified atom stereocenters. The third kappa shape index (κ3) is 4.21. The molecule has 2 aromatic carbocycles. The number of rotatable bonds is 6. The molecule has 0 saturated carbocycles. The Balaban J connectivity index is 2.23. The number of aromatic nitrogens is 1. The molecule has 0 amide bonds. The first kappa shape index (κ1) is 21.9. The van der Waals surface area contributed by atoms with Gasteiger partial charge >= 0.3 is 5.97 Å². The van der Waals surface area contributed by atoms with Gasteiger partial charge in [-0.25, -0.2) is 4.79 Å². The molecule has 0 spiro atoms. The van der Waals surface area contributed by atoms with E-state index in [2.05, 4.69) is 16.4 Å². The van der Waals surface area contributed by atoms with Gasteiger partial charge in [-0.3, -0.25) is 4.98 Å². The maximum absolute atomic E-state index is 12.6. The Kier molecular flexibility index (Phi) is 6.81. The normalized spacial score (nSPS) is 11.7. The zero-order chi connectivity index (χ0) is 21.8. The van der Waals surface area contributed by atoms with Crippen LogP contribution < -0.4 is 5.32 Å². The van der Waals surface area contributed by atoms with E-state index in [1.54, 1.807) is 19.1 Å². The lowest BCUT2D eigenvalue weighted by Gasteiger charge is -2.21. The molecule has 0 radical (unpaired) electrons. The van der Waals surface area contributed by atoms with Gasteiger partial charge in [0.2, 0.25) is 0 Å². The lowest BCUT2D eigenvalue weighted by atomic mass is 9.99. The summed E-state index contributed by atoms with van der Waals surface area (Å²) in [6.45, 7) is 5.91. The number of carbonyl (C=O) groups excluding carboxylic acids is 1. The highest BCUT2D eigenvalue weighted by molar-refractivity contribution is 6.42. The Morgan fingerprint density at radius 1 is 1.30 bits per heavy atom. The summed E-state index contributed by atoms with van der Waals surface area (Å²) in [5.41, 5.74) is 3.79. The number of fused-ring (bicyclic) bond motifs is 1. The van der Waals surface area contributed by atoms with Crippen molar-refractivity contribution in [3.8, 4) is 6.07 Å². The smallest absolute Gasteiger partial charge is 0.341 e. The van der Waals surface area contributed by atoms with E-state index in [-0.39, 0.29) is 12.6 Å². The Morgan fingerprint density at radius 3 is 2.73 bits per heavy atom. The molecule has 0 bridgehead atoms. The van der Waals surface area contributed by atoms with Crippen molar-refractivity contribution in [3.05, 3.63) is 68.8 Å². The number of benzene rings is 2. The molecule has 154 valence electrons. The molecule has 0 aliphatic rings. The average Bonchev–Trinajstić information content (AvgIpc) is 2.75. The maximum Gasteiger partial charge on any atom is 0.341 e.